The summed E-state index contributed by atoms with van der Waals surface area (Å²) < 4.78 is 4.65. The molecule has 0 N–H and O–H groups in total. The Hall–Kier alpha value is -0.910. The molecule has 1 unspecified atom stereocenters. The second-order valence-electron chi connectivity index (χ2n) is 4.99. The van der Waals surface area contributed by atoms with Crippen LogP contribution in [-0.4, -0.2) is 17.8 Å². The highest BCUT2D eigenvalue weighted by Gasteiger charge is 2.43. The molecule has 1 aliphatic heterocycles. The van der Waals surface area contributed by atoms with Gasteiger partial charge in [0.1, 0.15) is 5.60 Å². The van der Waals surface area contributed by atoms with Gasteiger partial charge in [-0.05, 0) is 26.8 Å². The van der Waals surface area contributed by atoms with Crippen molar-refractivity contribution in [3.63, 3.8) is 0 Å². The van der Waals surface area contributed by atoms with E-state index in [1.165, 1.54) is 0 Å². The summed E-state index contributed by atoms with van der Waals surface area (Å²) in [5, 5.41) is 0. The quantitative estimate of drug-likeness (QED) is 0.446. The normalized spacial score (nSPS) is 22.4. The fourth-order valence-electron chi connectivity index (χ4n) is 1.64. The first kappa shape index (κ1) is 12.5. The van der Waals surface area contributed by atoms with Crippen molar-refractivity contribution >= 4 is 40.5 Å². The summed E-state index contributed by atoms with van der Waals surface area (Å²) in [6, 6.07) is 7.63. The van der Waals surface area contributed by atoms with E-state index in [1.807, 2.05) is 45.0 Å². The van der Waals surface area contributed by atoms with Crippen molar-refractivity contribution in [1.29, 1.82) is 0 Å². The minimum Gasteiger partial charge on any atom is -0.458 e. The molecule has 3 nitrogen and oxygen atoms in total. The number of nitrogens with zero attached hydrogens (tertiary/aromatic N) is 1. The summed E-state index contributed by atoms with van der Waals surface area (Å²) >= 11 is 2.10. The zero-order chi connectivity index (χ0) is 12.7. The number of aliphatic imine (C=N–C) groups is 1. The molecule has 1 atom stereocenters. The number of ether oxygens (including phenoxy) is 1. The second kappa shape index (κ2) is 4.08. The number of para-hydroxylation sites is 1. The number of hydrogen-bond acceptors (Lipinski definition) is 3. The molecule has 2 rings (SSSR count). The average molecular weight is 343 g/mol. The average Bonchev–Trinajstić information content (AvgIpc) is 2.56. The molecule has 1 heterocycles. The van der Waals surface area contributed by atoms with E-state index in [4.69, 9.17) is 4.74 Å². The van der Waals surface area contributed by atoms with E-state index in [0.717, 1.165) is 11.3 Å². The van der Waals surface area contributed by atoms with Gasteiger partial charge in [-0.25, -0.2) is 4.79 Å². The third-order valence-electron chi connectivity index (χ3n) is 2.37. The Morgan fingerprint density at radius 1 is 1.35 bits per heavy atom. The summed E-state index contributed by atoms with van der Waals surface area (Å²) in [5.74, 6) is -0.265. The number of carbonyl (C=O) groups is 1. The third-order valence-corrected chi connectivity index (χ3v) is 3.67. The van der Waals surface area contributed by atoms with Crippen LogP contribution in [0.2, 0.25) is 0 Å². The van der Waals surface area contributed by atoms with E-state index in [9.17, 15) is 4.79 Å². The van der Waals surface area contributed by atoms with Crippen LogP contribution in [-0.2, 0) is 13.0 Å². The zero-order valence-corrected chi connectivity index (χ0v) is 12.2. The SMILES string of the molecule is CC(C)(C)OC(=O)C1(I)C=Nc2ccccc21. The van der Waals surface area contributed by atoms with Gasteiger partial charge in [-0.2, -0.15) is 0 Å². The summed E-state index contributed by atoms with van der Waals surface area (Å²) in [7, 11) is 0. The van der Waals surface area contributed by atoms with E-state index in [-0.39, 0.29) is 5.97 Å². The van der Waals surface area contributed by atoms with Crippen LogP contribution in [0, 0.1) is 0 Å². The zero-order valence-electron chi connectivity index (χ0n) is 10.0. The molecule has 1 aromatic rings. The van der Waals surface area contributed by atoms with Crippen LogP contribution in [0.3, 0.4) is 0 Å². The Morgan fingerprint density at radius 3 is 2.65 bits per heavy atom. The van der Waals surface area contributed by atoms with Crippen LogP contribution in [0.4, 0.5) is 5.69 Å². The van der Waals surface area contributed by atoms with Gasteiger partial charge in [0, 0.05) is 11.8 Å². The number of carbonyl (C=O) groups excluding carboxylic acids is 1. The molecular formula is C13H14INO2. The van der Waals surface area contributed by atoms with Crippen LogP contribution >= 0.6 is 22.6 Å². The Labute approximate surface area is 114 Å². The number of esters is 1. The van der Waals surface area contributed by atoms with Crippen LogP contribution in [0.5, 0.6) is 0 Å². The van der Waals surface area contributed by atoms with Gasteiger partial charge >= 0.3 is 5.97 Å². The molecule has 0 aliphatic carbocycles. The fraction of sp³-hybridized carbons (Fsp3) is 0.385. The van der Waals surface area contributed by atoms with Crippen molar-refractivity contribution in [3.8, 4) is 0 Å². The maximum Gasteiger partial charge on any atom is 0.332 e. The lowest BCUT2D eigenvalue weighted by Gasteiger charge is -2.26. The van der Waals surface area contributed by atoms with Crippen molar-refractivity contribution in [3.05, 3.63) is 29.8 Å². The molecule has 1 aliphatic rings. The Morgan fingerprint density at radius 2 is 2.00 bits per heavy atom. The van der Waals surface area contributed by atoms with Gasteiger partial charge in [-0.3, -0.25) is 4.99 Å². The van der Waals surface area contributed by atoms with Crippen LogP contribution < -0.4 is 0 Å². The standard InChI is InChI=1S/C13H14INO2/c1-12(2,3)17-11(16)13(14)8-15-10-7-5-4-6-9(10)13/h4-8H,1-3H3. The molecule has 17 heavy (non-hydrogen) atoms. The molecule has 0 fully saturated rings. The largest absolute Gasteiger partial charge is 0.458 e. The van der Waals surface area contributed by atoms with Crippen molar-refractivity contribution < 1.29 is 9.53 Å². The van der Waals surface area contributed by atoms with Gasteiger partial charge in [-0.1, -0.05) is 40.8 Å². The van der Waals surface area contributed by atoms with E-state index in [0.29, 0.717) is 0 Å². The number of hydrogen-bond donors (Lipinski definition) is 0. The highest BCUT2D eigenvalue weighted by Crippen LogP contribution is 2.43. The van der Waals surface area contributed by atoms with Gasteiger partial charge in [0.05, 0.1) is 5.69 Å². The number of benzene rings is 1. The summed E-state index contributed by atoms with van der Waals surface area (Å²) in [5.41, 5.74) is 1.25. The first-order valence-electron chi connectivity index (χ1n) is 5.40. The predicted molar refractivity (Wildman–Crippen MR) is 76.1 cm³/mol. The van der Waals surface area contributed by atoms with E-state index >= 15 is 0 Å². The van der Waals surface area contributed by atoms with Crippen LogP contribution in [0.25, 0.3) is 0 Å². The van der Waals surface area contributed by atoms with E-state index in [2.05, 4.69) is 27.6 Å². The molecule has 0 saturated carbocycles. The van der Waals surface area contributed by atoms with Crippen LogP contribution in [0.15, 0.2) is 29.3 Å². The minimum absolute atomic E-state index is 0.265. The van der Waals surface area contributed by atoms with Crippen molar-refractivity contribution in [2.24, 2.45) is 4.99 Å². The van der Waals surface area contributed by atoms with Crippen molar-refractivity contribution in [2.45, 2.75) is 29.8 Å². The fourth-order valence-corrected chi connectivity index (χ4v) is 2.34. The van der Waals surface area contributed by atoms with E-state index < -0.39 is 9.02 Å². The maximum absolute atomic E-state index is 12.2. The molecule has 0 amide bonds. The van der Waals surface area contributed by atoms with Gasteiger partial charge in [-0.15, -0.1) is 0 Å². The van der Waals surface area contributed by atoms with Gasteiger partial charge in [0.15, 0.2) is 3.42 Å². The predicted octanol–water partition coefficient (Wildman–Crippen LogP) is 3.37. The smallest absolute Gasteiger partial charge is 0.332 e. The highest BCUT2D eigenvalue weighted by molar-refractivity contribution is 14.1. The third kappa shape index (κ3) is 2.36. The number of halogens is 1. The lowest BCUT2D eigenvalue weighted by atomic mass is 10.0. The molecule has 90 valence electrons. The van der Waals surface area contributed by atoms with Crippen LogP contribution in [0.1, 0.15) is 26.3 Å². The topological polar surface area (TPSA) is 38.7 Å². The molecule has 0 bridgehead atoms. The molecule has 0 aromatic heterocycles. The molecule has 1 aromatic carbocycles. The van der Waals surface area contributed by atoms with Crippen molar-refractivity contribution in [1.82, 2.24) is 0 Å². The van der Waals surface area contributed by atoms with Gasteiger partial charge < -0.3 is 4.74 Å². The summed E-state index contributed by atoms with van der Waals surface area (Å²) in [6.45, 7) is 5.59. The molecule has 4 heteroatoms. The van der Waals surface area contributed by atoms with Crippen molar-refractivity contribution in [2.75, 3.05) is 0 Å². The minimum atomic E-state index is -0.790. The number of alkyl halides is 1. The lowest BCUT2D eigenvalue weighted by molar-refractivity contribution is -0.155. The van der Waals surface area contributed by atoms with Gasteiger partial charge in [0.25, 0.3) is 0 Å². The molecule has 0 saturated heterocycles. The number of rotatable bonds is 1. The first-order valence-corrected chi connectivity index (χ1v) is 6.48. The monoisotopic (exact) mass is 343 g/mol. The first-order chi connectivity index (χ1) is 7.83. The molecular weight excluding hydrogens is 329 g/mol. The second-order valence-corrected chi connectivity index (χ2v) is 6.69. The Bertz CT molecular complexity index is 490. The summed E-state index contributed by atoms with van der Waals surface area (Å²) in [4.78, 5) is 16.5. The molecule has 0 spiro atoms. The van der Waals surface area contributed by atoms with Gasteiger partial charge in [0.2, 0.25) is 0 Å². The number of fused-ring (bicyclic) bond motifs is 1. The maximum atomic E-state index is 12.2. The Balaban J connectivity index is 2.34. The summed E-state index contributed by atoms with van der Waals surface area (Å²) in [6.07, 6.45) is 1.66. The highest BCUT2D eigenvalue weighted by atomic mass is 127. The Kier molecular flexibility index (Phi) is 3.01. The lowest BCUT2D eigenvalue weighted by Crippen LogP contribution is -2.36. The molecule has 0 radical (unpaired) electrons. The van der Waals surface area contributed by atoms with E-state index in [1.54, 1.807) is 6.21 Å².